The van der Waals surface area contributed by atoms with E-state index >= 15 is 0 Å². The van der Waals surface area contributed by atoms with Crippen molar-refractivity contribution in [3.8, 4) is 0 Å². The molecule has 0 radical (unpaired) electrons. The van der Waals surface area contributed by atoms with Gasteiger partial charge in [-0.1, -0.05) is 0 Å². The van der Waals surface area contributed by atoms with Crippen molar-refractivity contribution >= 4 is 38.8 Å². The van der Waals surface area contributed by atoms with E-state index in [1.807, 2.05) is 18.7 Å². The van der Waals surface area contributed by atoms with Gasteiger partial charge in [0.2, 0.25) is 0 Å². The Morgan fingerprint density at radius 3 is 2.38 bits per heavy atom. The molecule has 1 saturated heterocycles. The van der Waals surface area contributed by atoms with Gasteiger partial charge in [-0.2, -0.15) is 0 Å². The summed E-state index contributed by atoms with van der Waals surface area (Å²) in [4.78, 5) is 1.96. The van der Waals surface area contributed by atoms with Gasteiger partial charge >= 0.3 is 0 Å². The summed E-state index contributed by atoms with van der Waals surface area (Å²) in [5, 5.41) is 3.22. The second-order valence-electron chi connectivity index (χ2n) is 3.82. The van der Waals surface area contributed by atoms with Gasteiger partial charge in [0.25, 0.3) is 0 Å². The molecule has 0 aromatic heterocycles. The number of nitrogens with zero attached hydrogens (tertiary/aromatic N) is 1. The fourth-order valence-corrected chi connectivity index (χ4v) is 4.66. The molecule has 4 nitrogen and oxygen atoms in total. The quantitative estimate of drug-likeness (QED) is 0.608. The number of alkyl halides is 1. The number of hydrogen-bond acceptors (Lipinski definition) is 3. The highest BCUT2D eigenvalue weighted by molar-refractivity contribution is 7.91. The maximum atomic E-state index is 11.4. The van der Waals surface area contributed by atoms with E-state index in [1.54, 1.807) is 0 Å². The molecule has 1 fully saturated rings. The van der Waals surface area contributed by atoms with E-state index in [0.29, 0.717) is 5.11 Å². The minimum absolute atomic E-state index is 0.0348. The average molecular weight is 285 g/mol. The molecule has 16 heavy (non-hydrogen) atoms. The monoisotopic (exact) mass is 284 g/mol. The van der Waals surface area contributed by atoms with Crippen LogP contribution in [0, 0.1) is 0 Å². The summed E-state index contributed by atoms with van der Waals surface area (Å²) in [7, 11) is -3.00. The summed E-state index contributed by atoms with van der Waals surface area (Å²) in [5.41, 5.74) is 0. The van der Waals surface area contributed by atoms with Crippen LogP contribution in [0.1, 0.15) is 13.8 Å². The minimum atomic E-state index is -3.00. The largest absolute Gasteiger partial charge is 0.357 e. The highest BCUT2D eigenvalue weighted by Crippen LogP contribution is 2.18. The van der Waals surface area contributed by atoms with Gasteiger partial charge in [0, 0.05) is 13.1 Å². The summed E-state index contributed by atoms with van der Waals surface area (Å²) < 4.78 is 22.7. The summed E-state index contributed by atoms with van der Waals surface area (Å²) >= 11 is 11.2. The van der Waals surface area contributed by atoms with Gasteiger partial charge in [-0.15, -0.1) is 11.6 Å². The maximum absolute atomic E-state index is 11.4. The van der Waals surface area contributed by atoms with Gasteiger partial charge in [-0.25, -0.2) is 8.42 Å². The van der Waals surface area contributed by atoms with Crippen molar-refractivity contribution < 1.29 is 8.42 Å². The number of thiocarbonyl (C=S) groups is 1. The van der Waals surface area contributed by atoms with Crippen LogP contribution in [0.25, 0.3) is 0 Å². The van der Waals surface area contributed by atoms with Gasteiger partial charge in [0.1, 0.15) is 0 Å². The minimum Gasteiger partial charge on any atom is -0.357 e. The predicted molar refractivity (Wildman–Crippen MR) is 70.7 cm³/mol. The molecule has 0 aromatic rings. The van der Waals surface area contributed by atoms with Crippen molar-refractivity contribution in [1.82, 2.24) is 10.2 Å². The molecular formula is C9H17ClN2O2S2. The molecule has 0 unspecified atom stereocenters. The summed E-state index contributed by atoms with van der Waals surface area (Å²) in [6.45, 7) is 5.60. The summed E-state index contributed by atoms with van der Waals surface area (Å²) in [5.74, 6) is 0.107. The second kappa shape index (κ2) is 5.51. The lowest BCUT2D eigenvalue weighted by Gasteiger charge is -2.25. The van der Waals surface area contributed by atoms with E-state index < -0.39 is 15.2 Å². The molecule has 1 heterocycles. The molecule has 7 heteroatoms. The van der Waals surface area contributed by atoms with Crippen molar-refractivity contribution in [2.45, 2.75) is 25.3 Å². The van der Waals surface area contributed by atoms with Crippen molar-refractivity contribution in [3.63, 3.8) is 0 Å². The first kappa shape index (κ1) is 14.0. The Labute approximate surface area is 107 Å². The third-order valence-electron chi connectivity index (χ3n) is 2.64. The molecule has 1 aliphatic rings. The van der Waals surface area contributed by atoms with Crippen LogP contribution in [0.15, 0.2) is 0 Å². The molecule has 1 N–H and O–H groups in total. The zero-order valence-electron chi connectivity index (χ0n) is 9.44. The van der Waals surface area contributed by atoms with Gasteiger partial charge in [-0.05, 0) is 26.1 Å². The molecule has 94 valence electrons. The third kappa shape index (κ3) is 3.46. The van der Waals surface area contributed by atoms with Gasteiger partial charge in [0.15, 0.2) is 14.9 Å². The van der Waals surface area contributed by atoms with Gasteiger partial charge in [-0.3, -0.25) is 0 Å². The van der Waals surface area contributed by atoms with Crippen LogP contribution in [-0.4, -0.2) is 54.4 Å². The van der Waals surface area contributed by atoms with Crippen molar-refractivity contribution in [3.05, 3.63) is 0 Å². The SMILES string of the molecule is CCN(CC)C(=S)N[C@@H]1CS(=O)(=O)C[C@@H]1Cl. The standard InChI is InChI=1S/C9H17ClN2O2S2/c1-3-12(4-2)9(15)11-8-6-16(13,14)5-7(8)10/h7-8H,3-6H2,1-2H3,(H,11,15)/t7-,8+/m0/s1. The second-order valence-corrected chi connectivity index (χ2v) is 6.92. The van der Waals surface area contributed by atoms with Crippen molar-refractivity contribution in [2.24, 2.45) is 0 Å². The maximum Gasteiger partial charge on any atom is 0.169 e. The van der Waals surface area contributed by atoms with Gasteiger partial charge < -0.3 is 10.2 Å². The van der Waals surface area contributed by atoms with E-state index in [1.165, 1.54) is 0 Å². The molecule has 0 spiro atoms. The van der Waals surface area contributed by atoms with E-state index in [9.17, 15) is 8.42 Å². The van der Waals surface area contributed by atoms with Crippen LogP contribution in [0.3, 0.4) is 0 Å². The van der Waals surface area contributed by atoms with Crippen molar-refractivity contribution in [2.75, 3.05) is 24.6 Å². The third-order valence-corrected chi connectivity index (χ3v) is 5.39. The Kier molecular flexibility index (Phi) is 4.82. The zero-order chi connectivity index (χ0) is 12.3. The zero-order valence-corrected chi connectivity index (χ0v) is 11.8. The molecule has 1 aliphatic heterocycles. The molecule has 0 amide bonds. The first-order valence-corrected chi connectivity index (χ1v) is 7.96. The van der Waals surface area contributed by atoms with Crippen LogP contribution in [0.2, 0.25) is 0 Å². The molecule has 0 saturated carbocycles. The first-order valence-electron chi connectivity index (χ1n) is 5.29. The summed E-state index contributed by atoms with van der Waals surface area (Å²) in [6.07, 6.45) is 0. The van der Waals surface area contributed by atoms with E-state index in [0.717, 1.165) is 13.1 Å². The Bertz CT molecular complexity index is 355. The highest BCUT2D eigenvalue weighted by atomic mass is 35.5. The van der Waals surface area contributed by atoms with Crippen LogP contribution >= 0.6 is 23.8 Å². The Morgan fingerprint density at radius 2 is 2.00 bits per heavy atom. The fourth-order valence-electron chi connectivity index (χ4n) is 1.70. The Hall–Kier alpha value is -0.0700. The molecular weight excluding hydrogens is 268 g/mol. The highest BCUT2D eigenvalue weighted by Gasteiger charge is 2.37. The fraction of sp³-hybridized carbons (Fsp3) is 0.889. The van der Waals surface area contributed by atoms with Crippen molar-refractivity contribution in [1.29, 1.82) is 0 Å². The number of halogens is 1. The molecule has 2 atom stereocenters. The number of hydrogen-bond donors (Lipinski definition) is 1. The molecule has 0 bridgehead atoms. The van der Waals surface area contributed by atoms with E-state index in [-0.39, 0.29) is 17.5 Å². The van der Waals surface area contributed by atoms with E-state index in [4.69, 9.17) is 23.8 Å². The van der Waals surface area contributed by atoms with Crippen LogP contribution < -0.4 is 5.32 Å². The van der Waals surface area contributed by atoms with Crippen LogP contribution in [0.5, 0.6) is 0 Å². The molecule has 0 aromatic carbocycles. The number of sulfone groups is 1. The van der Waals surface area contributed by atoms with Gasteiger partial charge in [0.05, 0.1) is 22.9 Å². The lowest BCUT2D eigenvalue weighted by Crippen LogP contribution is -2.47. The van der Waals surface area contributed by atoms with Crippen LogP contribution in [-0.2, 0) is 9.84 Å². The number of rotatable bonds is 3. The average Bonchev–Trinajstić information content (AvgIpc) is 2.41. The predicted octanol–water partition coefficient (Wildman–Crippen LogP) is 0.607. The Morgan fingerprint density at radius 1 is 1.44 bits per heavy atom. The molecule has 0 aliphatic carbocycles. The lowest BCUT2D eigenvalue weighted by molar-refractivity contribution is 0.447. The summed E-state index contributed by atoms with van der Waals surface area (Å²) in [6, 6.07) is -0.264. The number of nitrogens with one attached hydrogen (secondary N) is 1. The topological polar surface area (TPSA) is 49.4 Å². The van der Waals surface area contributed by atoms with Crippen LogP contribution in [0.4, 0.5) is 0 Å². The Balaban J connectivity index is 2.59. The normalized spacial score (nSPS) is 27.7. The lowest BCUT2D eigenvalue weighted by atomic mass is 10.2. The smallest absolute Gasteiger partial charge is 0.169 e. The van der Waals surface area contributed by atoms with E-state index in [2.05, 4.69) is 5.32 Å². The molecule has 1 rings (SSSR count). The first-order chi connectivity index (χ1) is 7.39.